The number of nitrogens with zero attached hydrogens (tertiary/aromatic N) is 2. The summed E-state index contributed by atoms with van der Waals surface area (Å²) in [5.41, 5.74) is 7.72. The number of aliphatic hydroxyl groups is 1. The summed E-state index contributed by atoms with van der Waals surface area (Å²) >= 11 is 0. The molecule has 2 aliphatic rings. The highest BCUT2D eigenvalue weighted by Gasteiger charge is 2.42. The predicted molar refractivity (Wildman–Crippen MR) is 102 cm³/mol. The number of amidine groups is 1. The number of oxime groups is 1. The van der Waals surface area contributed by atoms with Gasteiger partial charge in [-0.05, 0) is 12.0 Å². The lowest BCUT2D eigenvalue weighted by Crippen LogP contribution is -2.46. The molecule has 146 valence electrons. The summed E-state index contributed by atoms with van der Waals surface area (Å²) in [5.74, 6) is 0.147. The molecule has 0 atom stereocenters. The van der Waals surface area contributed by atoms with Crippen molar-refractivity contribution in [2.24, 2.45) is 10.9 Å². The molecular formula is C19H26N4O4. The number of amides is 1. The third-order valence-corrected chi connectivity index (χ3v) is 4.94. The van der Waals surface area contributed by atoms with Gasteiger partial charge in [-0.2, -0.15) is 0 Å². The van der Waals surface area contributed by atoms with Gasteiger partial charge in [0, 0.05) is 50.9 Å². The average molecular weight is 374 g/mol. The molecule has 1 spiro atoms. The molecule has 0 bridgehead atoms. The number of hydrogen-bond donors (Lipinski definition) is 3. The molecule has 8 heteroatoms. The van der Waals surface area contributed by atoms with Crippen LogP contribution in [0.25, 0.3) is 0 Å². The number of benzene rings is 1. The molecule has 8 nitrogen and oxygen atoms in total. The van der Waals surface area contributed by atoms with E-state index in [0.29, 0.717) is 31.5 Å². The number of nitrogens with two attached hydrogens (primary N) is 1. The second kappa shape index (κ2) is 9.27. The molecule has 1 aromatic rings. The second-order valence-electron chi connectivity index (χ2n) is 6.69. The minimum Gasteiger partial charge on any atom is -0.396 e. The highest BCUT2D eigenvalue weighted by atomic mass is 16.7. The van der Waals surface area contributed by atoms with Crippen molar-refractivity contribution in [3.05, 3.63) is 35.4 Å². The minimum absolute atomic E-state index is 0.0471. The van der Waals surface area contributed by atoms with E-state index in [-0.39, 0.29) is 24.0 Å². The lowest BCUT2D eigenvalue weighted by Gasteiger charge is -2.37. The molecule has 1 aromatic carbocycles. The van der Waals surface area contributed by atoms with Gasteiger partial charge >= 0.3 is 0 Å². The molecule has 2 aliphatic heterocycles. The largest absolute Gasteiger partial charge is 0.396 e. The van der Waals surface area contributed by atoms with Crippen LogP contribution in [-0.4, -0.2) is 59.5 Å². The fourth-order valence-electron chi connectivity index (χ4n) is 3.34. The molecule has 1 amide bonds. The molecule has 0 aromatic heterocycles. The zero-order valence-corrected chi connectivity index (χ0v) is 15.3. The summed E-state index contributed by atoms with van der Waals surface area (Å²) in [5, 5.41) is 20.6. The van der Waals surface area contributed by atoms with E-state index in [2.05, 4.69) is 5.16 Å². The number of nitrogen functional groups attached to an aromatic ring is 1. The first kappa shape index (κ1) is 20.6. The third kappa shape index (κ3) is 4.91. The summed E-state index contributed by atoms with van der Waals surface area (Å²) < 4.78 is 0. The molecule has 4 N–H and O–H groups in total. The summed E-state index contributed by atoms with van der Waals surface area (Å²) in [7, 11) is 0. The Balaban J connectivity index is 0.00000126. The van der Waals surface area contributed by atoms with Gasteiger partial charge in [0.25, 0.3) is 0 Å². The average Bonchev–Trinajstić information content (AvgIpc) is 3.12. The predicted octanol–water partition coefficient (Wildman–Crippen LogP) is 1.04. The molecule has 1 fully saturated rings. The molecule has 1 saturated heterocycles. The molecule has 0 saturated carbocycles. The SMILES string of the molecule is C=O.N=C(N)c1ccc(C2=NOC3(CCN(C(=O)CCCO)CC3)C2)cc1. The van der Waals surface area contributed by atoms with Gasteiger partial charge in [0.15, 0.2) is 0 Å². The van der Waals surface area contributed by atoms with E-state index in [1.807, 2.05) is 36.0 Å². The Hall–Kier alpha value is -2.74. The van der Waals surface area contributed by atoms with Gasteiger partial charge < -0.3 is 25.4 Å². The van der Waals surface area contributed by atoms with Gasteiger partial charge in [0.1, 0.15) is 18.2 Å². The molecule has 0 unspecified atom stereocenters. The summed E-state index contributed by atoms with van der Waals surface area (Å²) in [6, 6.07) is 7.44. The highest BCUT2D eigenvalue weighted by Crippen LogP contribution is 2.36. The Labute approximate surface area is 158 Å². The molecule has 3 rings (SSSR count). The third-order valence-electron chi connectivity index (χ3n) is 4.94. The smallest absolute Gasteiger partial charge is 0.222 e. The first-order chi connectivity index (χ1) is 13.0. The number of hydrogen-bond acceptors (Lipinski definition) is 6. The van der Waals surface area contributed by atoms with Gasteiger partial charge in [-0.25, -0.2) is 0 Å². The van der Waals surface area contributed by atoms with Crippen LogP contribution in [0.2, 0.25) is 0 Å². The lowest BCUT2D eigenvalue weighted by molar-refractivity contribution is -0.137. The summed E-state index contributed by atoms with van der Waals surface area (Å²) in [4.78, 5) is 27.7. The van der Waals surface area contributed by atoms with Crippen molar-refractivity contribution >= 4 is 24.2 Å². The maximum atomic E-state index is 12.1. The van der Waals surface area contributed by atoms with E-state index in [9.17, 15) is 4.79 Å². The van der Waals surface area contributed by atoms with Crippen molar-refractivity contribution in [3.63, 3.8) is 0 Å². The van der Waals surface area contributed by atoms with E-state index in [0.717, 1.165) is 30.5 Å². The Kier molecular flexibility index (Phi) is 7.06. The Morgan fingerprint density at radius 1 is 1.30 bits per heavy atom. The van der Waals surface area contributed by atoms with Crippen molar-refractivity contribution in [3.8, 4) is 0 Å². The Morgan fingerprint density at radius 3 is 2.48 bits per heavy atom. The van der Waals surface area contributed by atoms with Crippen LogP contribution < -0.4 is 5.73 Å². The lowest BCUT2D eigenvalue weighted by atomic mass is 9.85. The van der Waals surface area contributed by atoms with Gasteiger partial charge in [-0.3, -0.25) is 10.2 Å². The monoisotopic (exact) mass is 374 g/mol. The van der Waals surface area contributed by atoms with Crippen LogP contribution in [0.3, 0.4) is 0 Å². The topological polar surface area (TPSA) is 129 Å². The van der Waals surface area contributed by atoms with E-state index < -0.39 is 0 Å². The van der Waals surface area contributed by atoms with Crippen molar-refractivity contribution < 1.29 is 19.5 Å². The van der Waals surface area contributed by atoms with Crippen molar-refractivity contribution in [2.75, 3.05) is 19.7 Å². The number of carbonyl (C=O) groups excluding carboxylic acids is 2. The first-order valence-electron chi connectivity index (χ1n) is 8.90. The van der Waals surface area contributed by atoms with Gasteiger partial charge in [-0.15, -0.1) is 0 Å². The molecular weight excluding hydrogens is 348 g/mol. The normalized spacial score (nSPS) is 17.5. The van der Waals surface area contributed by atoms with Crippen molar-refractivity contribution in [2.45, 2.75) is 37.7 Å². The summed E-state index contributed by atoms with van der Waals surface area (Å²) in [6.45, 7) is 3.37. The number of aliphatic hydroxyl groups excluding tert-OH is 1. The van der Waals surface area contributed by atoms with Gasteiger partial charge in [0.2, 0.25) is 5.91 Å². The van der Waals surface area contributed by atoms with Crippen LogP contribution in [0.15, 0.2) is 29.4 Å². The molecule has 0 aliphatic carbocycles. The number of nitrogens with one attached hydrogen (secondary N) is 1. The van der Waals surface area contributed by atoms with E-state index in [1.54, 1.807) is 0 Å². The molecule has 27 heavy (non-hydrogen) atoms. The number of carbonyl (C=O) groups is 2. The second-order valence-corrected chi connectivity index (χ2v) is 6.69. The van der Waals surface area contributed by atoms with Crippen LogP contribution >= 0.6 is 0 Å². The van der Waals surface area contributed by atoms with E-state index in [1.165, 1.54) is 0 Å². The van der Waals surface area contributed by atoms with Gasteiger partial charge in [-0.1, -0.05) is 29.4 Å². The fraction of sp³-hybridized carbons (Fsp3) is 0.474. The Bertz CT molecular complexity index is 694. The number of likely N-dealkylation sites (tertiary alicyclic amines) is 1. The standard InChI is InChI=1S/C18H24N4O3.CH2O/c19-17(20)14-5-3-13(4-6-14)15-12-18(25-21-15)7-9-22(10-8-18)16(24)2-1-11-23;1-2/h3-6,23H,1-2,7-12H2,(H3,19,20);1H2. The van der Waals surface area contributed by atoms with Crippen LogP contribution in [-0.2, 0) is 14.4 Å². The highest BCUT2D eigenvalue weighted by molar-refractivity contribution is 6.03. The number of rotatable bonds is 5. The Morgan fingerprint density at radius 2 is 1.93 bits per heavy atom. The zero-order chi connectivity index (χ0) is 19.9. The van der Waals surface area contributed by atoms with Crippen LogP contribution in [0, 0.1) is 5.41 Å². The quantitative estimate of drug-likeness (QED) is 0.524. The first-order valence-corrected chi connectivity index (χ1v) is 8.90. The zero-order valence-electron chi connectivity index (χ0n) is 15.3. The van der Waals surface area contributed by atoms with E-state index >= 15 is 0 Å². The van der Waals surface area contributed by atoms with Crippen molar-refractivity contribution in [1.82, 2.24) is 4.90 Å². The van der Waals surface area contributed by atoms with Crippen LogP contribution in [0.1, 0.15) is 43.2 Å². The maximum Gasteiger partial charge on any atom is 0.222 e. The van der Waals surface area contributed by atoms with Crippen LogP contribution in [0.4, 0.5) is 0 Å². The molecule has 0 radical (unpaired) electrons. The fourth-order valence-corrected chi connectivity index (χ4v) is 3.34. The number of piperidine rings is 1. The van der Waals surface area contributed by atoms with Gasteiger partial charge in [0.05, 0.1) is 5.71 Å². The summed E-state index contributed by atoms with van der Waals surface area (Å²) in [6.07, 6.45) is 3.16. The van der Waals surface area contributed by atoms with Crippen LogP contribution in [0.5, 0.6) is 0 Å². The maximum absolute atomic E-state index is 12.1. The minimum atomic E-state index is -0.317. The van der Waals surface area contributed by atoms with Crippen molar-refractivity contribution in [1.29, 1.82) is 5.41 Å². The van der Waals surface area contributed by atoms with E-state index in [4.69, 9.17) is 25.9 Å². The molecule has 2 heterocycles.